The average molecular weight is 702 g/mol. The Labute approximate surface area is 319 Å². The highest BCUT2D eigenvalue weighted by Crippen LogP contribution is 2.72. The lowest BCUT2D eigenvalue weighted by atomic mass is 9.53. The van der Waals surface area contributed by atoms with E-state index in [0.717, 1.165) is 77.2 Å². The van der Waals surface area contributed by atoms with Crippen molar-refractivity contribution < 1.29 is 0 Å². The molecule has 13 atom stereocenters. The quantitative estimate of drug-likeness (QED) is 0.258. The molecule has 0 saturated heterocycles. The van der Waals surface area contributed by atoms with Crippen LogP contribution in [0.2, 0.25) is 0 Å². The molecular weight excluding hydrogens is 627 g/mol. The topological polar surface area (TPSA) is 3.24 Å². The molecule has 0 radical (unpaired) electrons. The van der Waals surface area contributed by atoms with Gasteiger partial charge in [0.2, 0.25) is 0 Å². The molecule has 10 aliphatic rings. The van der Waals surface area contributed by atoms with E-state index in [2.05, 4.69) is 79.9 Å². The van der Waals surface area contributed by atoms with Gasteiger partial charge in [0, 0.05) is 23.5 Å². The number of rotatable bonds is 5. The van der Waals surface area contributed by atoms with E-state index in [4.69, 9.17) is 0 Å². The van der Waals surface area contributed by atoms with E-state index in [1.807, 2.05) is 5.57 Å². The van der Waals surface area contributed by atoms with Crippen LogP contribution >= 0.6 is 0 Å². The largest absolute Gasteiger partial charge is 0.290 e. The first kappa shape index (κ1) is 35.1. The van der Waals surface area contributed by atoms with Gasteiger partial charge in [0.25, 0.3) is 0 Å². The number of hydrogen-bond acceptors (Lipinski definition) is 1. The zero-order valence-corrected chi connectivity index (χ0v) is 33.7. The second-order valence-corrected chi connectivity index (χ2v) is 21.3. The van der Waals surface area contributed by atoms with E-state index >= 15 is 0 Å². The second kappa shape index (κ2) is 14.0. The Morgan fingerprint density at radius 3 is 2.15 bits per heavy atom. The Morgan fingerprint density at radius 1 is 0.635 bits per heavy atom. The zero-order chi connectivity index (χ0) is 35.0. The normalized spacial score (nSPS) is 47.2. The van der Waals surface area contributed by atoms with E-state index in [9.17, 15) is 0 Å². The van der Waals surface area contributed by atoms with Gasteiger partial charge in [-0.1, -0.05) is 132 Å². The third kappa shape index (κ3) is 5.36. The van der Waals surface area contributed by atoms with Crippen LogP contribution in [0.5, 0.6) is 0 Å². The summed E-state index contributed by atoms with van der Waals surface area (Å²) >= 11 is 0. The summed E-state index contributed by atoms with van der Waals surface area (Å²) in [5.41, 5.74) is 4.77. The van der Waals surface area contributed by atoms with Crippen LogP contribution in [0.1, 0.15) is 162 Å². The lowest BCUT2D eigenvalue weighted by Gasteiger charge is -2.57. The molecule has 284 valence electrons. The molecule has 6 saturated carbocycles. The standard InChI is InChI=1S/C51H75N/c1-34-31-42-38-25-15-17-29-43(38)50(2,3)45(42)32-47(34)52(37-23-11-6-12-24-37)48-33-46-49(40-27-14-13-26-39(40)48)41-28-16-18-30-44(41)51(46,35-19-7-4-8-20-35)36-21-9-5-10-22-36/h4,7,14-15,19,25,27,33-34,36-45,47-49H,5-6,8-13,16-18,20-24,26,28-32H2,1-3H3/t34-,38?,39?,40?,41?,42?,43?,44?,45?,47?,48?,49?,51?/m0/s1. The van der Waals surface area contributed by atoms with Crippen molar-refractivity contribution in [2.24, 2.45) is 75.9 Å². The number of hydrogen-bond donors (Lipinski definition) is 0. The molecule has 12 unspecified atom stereocenters. The Bertz CT molecular complexity index is 1460. The van der Waals surface area contributed by atoms with Gasteiger partial charge in [-0.05, 0) is 160 Å². The predicted octanol–water partition coefficient (Wildman–Crippen LogP) is 13.4. The summed E-state index contributed by atoms with van der Waals surface area (Å²) in [6.07, 6.45) is 53.5. The van der Waals surface area contributed by atoms with Crippen molar-refractivity contribution in [1.82, 2.24) is 4.90 Å². The van der Waals surface area contributed by atoms with Gasteiger partial charge in [-0.15, -0.1) is 0 Å². The molecule has 0 bridgehead atoms. The summed E-state index contributed by atoms with van der Waals surface area (Å²) in [4.78, 5) is 3.41. The highest BCUT2D eigenvalue weighted by molar-refractivity contribution is 5.46. The third-order valence-corrected chi connectivity index (χ3v) is 19.1. The van der Waals surface area contributed by atoms with Gasteiger partial charge in [-0.2, -0.15) is 0 Å². The maximum atomic E-state index is 3.41. The molecule has 0 N–H and O–H groups in total. The SMILES string of the molecule is C[C@H]1CC2C3C=CCCC3C(C)(C)C2CC1N(C1CCCCC1)C1C=C2C(C3C=CCCC31)C1CCCCC1C2(C1=CC=CCC1)C1CCCCC1. The first-order chi connectivity index (χ1) is 25.5. The van der Waals surface area contributed by atoms with Crippen LogP contribution in [-0.4, -0.2) is 23.0 Å². The van der Waals surface area contributed by atoms with Crippen molar-refractivity contribution in [2.75, 3.05) is 0 Å². The van der Waals surface area contributed by atoms with Crippen molar-refractivity contribution in [3.8, 4) is 0 Å². The zero-order valence-electron chi connectivity index (χ0n) is 33.7. The van der Waals surface area contributed by atoms with Crippen LogP contribution in [0.3, 0.4) is 0 Å². The minimum atomic E-state index is 0.340. The molecular formula is C51H75N. The van der Waals surface area contributed by atoms with E-state index in [0.29, 0.717) is 16.9 Å². The molecule has 0 aromatic heterocycles. The molecule has 1 heteroatoms. The number of allylic oxidation sites excluding steroid dienone is 9. The number of nitrogens with zero attached hydrogens (tertiary/aromatic N) is 1. The van der Waals surface area contributed by atoms with Crippen LogP contribution < -0.4 is 0 Å². The minimum Gasteiger partial charge on any atom is -0.290 e. The van der Waals surface area contributed by atoms with Gasteiger partial charge in [0.05, 0.1) is 0 Å². The van der Waals surface area contributed by atoms with Crippen LogP contribution in [0.4, 0.5) is 0 Å². The van der Waals surface area contributed by atoms with Crippen molar-refractivity contribution in [2.45, 2.75) is 180 Å². The maximum absolute atomic E-state index is 3.41. The molecule has 0 spiro atoms. The lowest BCUT2D eigenvalue weighted by molar-refractivity contribution is -0.0425. The Morgan fingerprint density at radius 2 is 1.37 bits per heavy atom. The molecule has 0 aromatic rings. The first-order valence-electron chi connectivity index (χ1n) is 23.7. The van der Waals surface area contributed by atoms with E-state index < -0.39 is 0 Å². The molecule has 52 heavy (non-hydrogen) atoms. The van der Waals surface area contributed by atoms with E-state index in [1.165, 1.54) is 141 Å². The minimum absolute atomic E-state index is 0.340. The highest BCUT2D eigenvalue weighted by atomic mass is 15.2. The number of fused-ring (bicyclic) bond motifs is 8. The summed E-state index contributed by atoms with van der Waals surface area (Å²) in [5.74, 6) is 9.43. The third-order valence-electron chi connectivity index (χ3n) is 19.1. The van der Waals surface area contributed by atoms with Crippen molar-refractivity contribution in [3.05, 3.63) is 59.8 Å². The molecule has 0 aliphatic heterocycles. The van der Waals surface area contributed by atoms with E-state index in [1.54, 1.807) is 0 Å². The second-order valence-electron chi connectivity index (χ2n) is 21.3. The van der Waals surface area contributed by atoms with Crippen LogP contribution in [0.25, 0.3) is 0 Å². The van der Waals surface area contributed by atoms with Gasteiger partial charge in [-0.3, -0.25) is 4.90 Å². The van der Waals surface area contributed by atoms with Crippen LogP contribution in [-0.2, 0) is 0 Å². The Kier molecular flexibility index (Phi) is 9.45. The molecule has 0 aromatic carbocycles. The molecule has 0 amide bonds. The summed E-state index contributed by atoms with van der Waals surface area (Å²) in [6, 6.07) is 2.18. The predicted molar refractivity (Wildman–Crippen MR) is 219 cm³/mol. The van der Waals surface area contributed by atoms with E-state index in [-0.39, 0.29) is 0 Å². The fourth-order valence-electron chi connectivity index (χ4n) is 17.3. The molecule has 10 aliphatic carbocycles. The van der Waals surface area contributed by atoms with Gasteiger partial charge < -0.3 is 0 Å². The summed E-state index contributed by atoms with van der Waals surface area (Å²) in [5, 5.41) is 0. The highest BCUT2D eigenvalue weighted by Gasteiger charge is 2.65. The molecule has 6 fully saturated rings. The van der Waals surface area contributed by atoms with Crippen LogP contribution in [0, 0.1) is 75.9 Å². The fraction of sp³-hybridized carbons (Fsp3) is 0.804. The summed E-state index contributed by atoms with van der Waals surface area (Å²) in [6.45, 7) is 8.20. The van der Waals surface area contributed by atoms with Gasteiger partial charge in [0.15, 0.2) is 0 Å². The summed E-state index contributed by atoms with van der Waals surface area (Å²) in [7, 11) is 0. The molecule has 10 rings (SSSR count). The summed E-state index contributed by atoms with van der Waals surface area (Å²) < 4.78 is 0. The van der Waals surface area contributed by atoms with Crippen LogP contribution in [0.15, 0.2) is 59.8 Å². The van der Waals surface area contributed by atoms with Gasteiger partial charge in [-0.25, -0.2) is 0 Å². The maximum Gasteiger partial charge on any atom is 0.0321 e. The smallest absolute Gasteiger partial charge is 0.0321 e. The van der Waals surface area contributed by atoms with Gasteiger partial charge >= 0.3 is 0 Å². The lowest BCUT2D eigenvalue weighted by Crippen LogP contribution is -2.59. The monoisotopic (exact) mass is 702 g/mol. The van der Waals surface area contributed by atoms with Crippen molar-refractivity contribution in [1.29, 1.82) is 0 Å². The average Bonchev–Trinajstić information content (AvgIpc) is 3.62. The first-order valence-corrected chi connectivity index (χ1v) is 23.7. The Hall–Kier alpha value is -1.34. The van der Waals surface area contributed by atoms with Gasteiger partial charge in [0.1, 0.15) is 0 Å². The fourth-order valence-corrected chi connectivity index (χ4v) is 17.3. The Balaban J connectivity index is 1.13. The van der Waals surface area contributed by atoms with Crippen molar-refractivity contribution in [3.63, 3.8) is 0 Å². The molecule has 0 heterocycles. The molecule has 1 nitrogen and oxygen atoms in total. The van der Waals surface area contributed by atoms with Crippen molar-refractivity contribution >= 4 is 0 Å².